The molecule has 0 aromatic heterocycles. The number of nitrogens with one attached hydrogen (secondary N) is 2. The molecule has 1 heterocycles. The first-order chi connectivity index (χ1) is 9.06. The summed E-state index contributed by atoms with van der Waals surface area (Å²) in [4.78, 5) is 14.3. The topological polar surface area (TPSA) is 44.4 Å². The van der Waals surface area contributed by atoms with Crippen molar-refractivity contribution in [1.29, 1.82) is 0 Å². The van der Waals surface area contributed by atoms with E-state index in [4.69, 9.17) is 0 Å². The van der Waals surface area contributed by atoms with E-state index in [1.165, 1.54) is 0 Å². The first kappa shape index (κ1) is 14.5. The molecular formula is C14H20BrN3O. The van der Waals surface area contributed by atoms with Crippen LogP contribution in [0.5, 0.6) is 0 Å². The largest absolute Gasteiger partial charge is 0.326 e. The number of benzene rings is 1. The molecule has 0 radical (unpaired) electrons. The van der Waals surface area contributed by atoms with E-state index in [2.05, 4.69) is 38.5 Å². The lowest BCUT2D eigenvalue weighted by atomic mass is 10.1. The summed E-state index contributed by atoms with van der Waals surface area (Å²) in [5.74, 6) is 0.0715. The van der Waals surface area contributed by atoms with Crippen LogP contribution >= 0.6 is 15.9 Å². The molecule has 5 heteroatoms. The molecular weight excluding hydrogens is 306 g/mol. The Hall–Kier alpha value is -0.910. The quantitative estimate of drug-likeness (QED) is 0.893. The van der Waals surface area contributed by atoms with Crippen molar-refractivity contribution in [2.75, 3.05) is 32.0 Å². The van der Waals surface area contributed by atoms with Crippen LogP contribution in [0.3, 0.4) is 0 Å². The number of piperazine rings is 1. The van der Waals surface area contributed by atoms with E-state index in [0.29, 0.717) is 6.42 Å². The number of amides is 1. The van der Waals surface area contributed by atoms with E-state index in [9.17, 15) is 4.79 Å². The van der Waals surface area contributed by atoms with Crippen LogP contribution in [0.15, 0.2) is 22.7 Å². The van der Waals surface area contributed by atoms with Gasteiger partial charge in [0.05, 0.1) is 0 Å². The molecule has 2 rings (SSSR count). The SMILES string of the molecule is Cc1cc(NC(=O)CC2CNCCN2C)ccc1Br. The average molecular weight is 326 g/mol. The number of halogens is 1. The fraction of sp³-hybridized carbons (Fsp3) is 0.500. The van der Waals surface area contributed by atoms with E-state index >= 15 is 0 Å². The van der Waals surface area contributed by atoms with Gasteiger partial charge in [-0.15, -0.1) is 0 Å². The second-order valence-corrected chi connectivity index (χ2v) is 5.91. The number of carbonyl (C=O) groups excluding carboxylic acids is 1. The van der Waals surface area contributed by atoms with Gasteiger partial charge in [-0.05, 0) is 37.7 Å². The van der Waals surface area contributed by atoms with Crippen molar-refractivity contribution < 1.29 is 4.79 Å². The summed E-state index contributed by atoms with van der Waals surface area (Å²) in [6.45, 7) is 4.89. The van der Waals surface area contributed by atoms with Crippen LogP contribution in [0.4, 0.5) is 5.69 Å². The van der Waals surface area contributed by atoms with Crippen LogP contribution < -0.4 is 10.6 Å². The van der Waals surface area contributed by atoms with Gasteiger partial charge in [0.25, 0.3) is 0 Å². The highest BCUT2D eigenvalue weighted by molar-refractivity contribution is 9.10. The molecule has 1 saturated heterocycles. The third-order valence-electron chi connectivity index (χ3n) is 3.51. The maximum atomic E-state index is 12.0. The Bertz CT molecular complexity index is 464. The average Bonchev–Trinajstić information content (AvgIpc) is 2.37. The van der Waals surface area contributed by atoms with Crippen LogP contribution in [0.1, 0.15) is 12.0 Å². The first-order valence-corrected chi connectivity index (χ1v) is 7.32. The highest BCUT2D eigenvalue weighted by Gasteiger charge is 2.21. The van der Waals surface area contributed by atoms with Gasteiger partial charge in [0.2, 0.25) is 5.91 Å². The van der Waals surface area contributed by atoms with E-state index in [1.54, 1.807) is 0 Å². The molecule has 1 aliphatic heterocycles. The Morgan fingerprint density at radius 1 is 1.58 bits per heavy atom. The Morgan fingerprint density at radius 2 is 2.37 bits per heavy atom. The summed E-state index contributed by atoms with van der Waals surface area (Å²) < 4.78 is 1.06. The fourth-order valence-electron chi connectivity index (χ4n) is 2.24. The maximum Gasteiger partial charge on any atom is 0.225 e. The predicted octanol–water partition coefficient (Wildman–Crippen LogP) is 1.99. The van der Waals surface area contributed by atoms with Crippen molar-refractivity contribution in [3.63, 3.8) is 0 Å². The zero-order valence-electron chi connectivity index (χ0n) is 11.4. The standard InChI is InChI=1S/C14H20BrN3O/c1-10-7-11(3-4-13(10)15)17-14(19)8-12-9-16-5-6-18(12)2/h3-4,7,12,16H,5-6,8-9H2,1-2H3,(H,17,19). The van der Waals surface area contributed by atoms with Gasteiger partial charge in [-0.3, -0.25) is 4.79 Å². The van der Waals surface area contributed by atoms with Gasteiger partial charge in [0.15, 0.2) is 0 Å². The summed E-state index contributed by atoms with van der Waals surface area (Å²) in [7, 11) is 2.07. The van der Waals surface area contributed by atoms with Crippen LogP contribution in [-0.4, -0.2) is 43.5 Å². The summed E-state index contributed by atoms with van der Waals surface area (Å²) in [6, 6.07) is 6.13. The molecule has 1 aromatic carbocycles. The van der Waals surface area contributed by atoms with Crippen LogP contribution in [-0.2, 0) is 4.79 Å². The number of hydrogen-bond donors (Lipinski definition) is 2. The van der Waals surface area contributed by atoms with Gasteiger partial charge in [-0.2, -0.15) is 0 Å². The van der Waals surface area contributed by atoms with Gasteiger partial charge >= 0.3 is 0 Å². The molecule has 4 nitrogen and oxygen atoms in total. The minimum Gasteiger partial charge on any atom is -0.326 e. The zero-order chi connectivity index (χ0) is 13.8. The maximum absolute atomic E-state index is 12.0. The third kappa shape index (κ3) is 4.03. The van der Waals surface area contributed by atoms with Crippen molar-refractivity contribution in [2.45, 2.75) is 19.4 Å². The van der Waals surface area contributed by atoms with Gasteiger partial charge in [0, 0.05) is 42.3 Å². The molecule has 0 spiro atoms. The molecule has 1 aromatic rings. The number of nitrogens with zero attached hydrogens (tertiary/aromatic N) is 1. The normalized spacial score (nSPS) is 20.3. The van der Waals surface area contributed by atoms with E-state index < -0.39 is 0 Å². The van der Waals surface area contributed by atoms with Crippen molar-refractivity contribution in [1.82, 2.24) is 10.2 Å². The molecule has 1 aliphatic rings. The Morgan fingerprint density at radius 3 is 3.05 bits per heavy atom. The monoisotopic (exact) mass is 325 g/mol. The van der Waals surface area contributed by atoms with E-state index in [0.717, 1.165) is 35.4 Å². The molecule has 0 aliphatic carbocycles. The molecule has 1 fully saturated rings. The summed E-state index contributed by atoms with van der Waals surface area (Å²) >= 11 is 3.46. The lowest BCUT2D eigenvalue weighted by Crippen LogP contribution is -2.50. The molecule has 1 unspecified atom stereocenters. The number of carbonyl (C=O) groups is 1. The number of rotatable bonds is 3. The molecule has 1 atom stereocenters. The van der Waals surface area contributed by atoms with Crippen molar-refractivity contribution in [3.8, 4) is 0 Å². The molecule has 19 heavy (non-hydrogen) atoms. The number of hydrogen-bond acceptors (Lipinski definition) is 3. The molecule has 0 saturated carbocycles. The summed E-state index contributed by atoms with van der Waals surface area (Å²) in [5.41, 5.74) is 1.98. The molecule has 104 valence electrons. The lowest BCUT2D eigenvalue weighted by Gasteiger charge is -2.32. The van der Waals surface area contributed by atoms with Crippen LogP contribution in [0.25, 0.3) is 0 Å². The lowest BCUT2D eigenvalue weighted by molar-refractivity contribution is -0.117. The van der Waals surface area contributed by atoms with Gasteiger partial charge in [0.1, 0.15) is 0 Å². The fourth-order valence-corrected chi connectivity index (χ4v) is 2.49. The van der Waals surface area contributed by atoms with Crippen LogP contribution in [0, 0.1) is 6.92 Å². The minimum atomic E-state index is 0.0715. The van der Waals surface area contributed by atoms with E-state index in [-0.39, 0.29) is 11.9 Å². The smallest absolute Gasteiger partial charge is 0.225 e. The minimum absolute atomic E-state index is 0.0715. The third-order valence-corrected chi connectivity index (χ3v) is 4.40. The van der Waals surface area contributed by atoms with Crippen molar-refractivity contribution >= 4 is 27.5 Å². The Kier molecular flexibility index (Phi) is 4.96. The first-order valence-electron chi connectivity index (χ1n) is 6.53. The number of likely N-dealkylation sites (N-methyl/N-ethyl adjacent to an activating group) is 1. The molecule has 0 bridgehead atoms. The van der Waals surface area contributed by atoms with Gasteiger partial charge in [-0.1, -0.05) is 15.9 Å². The zero-order valence-corrected chi connectivity index (χ0v) is 13.0. The number of aryl methyl sites for hydroxylation is 1. The predicted molar refractivity (Wildman–Crippen MR) is 81.4 cm³/mol. The number of anilines is 1. The summed E-state index contributed by atoms with van der Waals surface area (Å²) in [6.07, 6.45) is 0.526. The highest BCUT2D eigenvalue weighted by atomic mass is 79.9. The van der Waals surface area contributed by atoms with E-state index in [1.807, 2.05) is 25.1 Å². The summed E-state index contributed by atoms with van der Waals surface area (Å²) in [5, 5.41) is 6.29. The van der Waals surface area contributed by atoms with Crippen molar-refractivity contribution in [2.24, 2.45) is 0 Å². The Balaban J connectivity index is 1.91. The second kappa shape index (κ2) is 6.50. The van der Waals surface area contributed by atoms with Gasteiger partial charge < -0.3 is 15.5 Å². The molecule has 1 amide bonds. The van der Waals surface area contributed by atoms with Crippen molar-refractivity contribution in [3.05, 3.63) is 28.2 Å². The highest BCUT2D eigenvalue weighted by Crippen LogP contribution is 2.20. The molecule has 2 N–H and O–H groups in total. The Labute approximate surface area is 122 Å². The van der Waals surface area contributed by atoms with Crippen LogP contribution in [0.2, 0.25) is 0 Å². The second-order valence-electron chi connectivity index (χ2n) is 5.05. The van der Waals surface area contributed by atoms with Gasteiger partial charge in [-0.25, -0.2) is 0 Å².